The molecule has 2 aromatic heterocycles. The molecular formula is C18H20N4O2S. The van der Waals surface area contributed by atoms with E-state index in [0.29, 0.717) is 17.2 Å². The smallest absolute Gasteiger partial charge is 0.282 e. The van der Waals surface area contributed by atoms with Crippen molar-refractivity contribution in [1.82, 2.24) is 14.8 Å². The van der Waals surface area contributed by atoms with Crippen LogP contribution in [0.4, 0.5) is 0 Å². The number of nitrogens with one attached hydrogen (secondary N) is 1. The van der Waals surface area contributed by atoms with Crippen molar-refractivity contribution in [3.63, 3.8) is 0 Å². The number of fused-ring (bicyclic) bond motifs is 1. The van der Waals surface area contributed by atoms with E-state index >= 15 is 0 Å². The number of aliphatic imine (C=N–C) groups is 1. The van der Waals surface area contributed by atoms with Crippen LogP contribution >= 0.6 is 11.3 Å². The Bertz CT molecular complexity index is 959. The molecule has 7 heteroatoms. The van der Waals surface area contributed by atoms with Crippen molar-refractivity contribution in [1.29, 1.82) is 0 Å². The van der Waals surface area contributed by atoms with Crippen LogP contribution in [0.3, 0.4) is 0 Å². The highest BCUT2D eigenvalue weighted by molar-refractivity contribution is 7.20. The van der Waals surface area contributed by atoms with Crippen LogP contribution < -0.4 is 5.56 Å². The number of aromatic amines is 1. The second-order valence-corrected chi connectivity index (χ2v) is 7.29. The molecule has 3 heterocycles. The third kappa shape index (κ3) is 3.05. The van der Waals surface area contributed by atoms with Gasteiger partial charge in [0.1, 0.15) is 0 Å². The van der Waals surface area contributed by atoms with E-state index in [1.54, 1.807) is 0 Å². The van der Waals surface area contributed by atoms with Crippen LogP contribution in [0.25, 0.3) is 15.3 Å². The molecule has 0 amide bonds. The zero-order valence-corrected chi connectivity index (χ0v) is 15.1. The lowest BCUT2D eigenvalue weighted by atomic mass is 10.1. The van der Waals surface area contributed by atoms with Gasteiger partial charge in [-0.15, -0.1) is 0 Å². The molecule has 6 nitrogen and oxygen atoms in total. The Morgan fingerprint density at radius 3 is 3.08 bits per heavy atom. The summed E-state index contributed by atoms with van der Waals surface area (Å²) >= 11 is 1.49. The minimum atomic E-state index is -0.106. The molecule has 0 radical (unpaired) electrons. The largest absolute Gasteiger partial charge is 0.376 e. The number of nitrogens with zero attached hydrogens (tertiary/aromatic N) is 3. The monoisotopic (exact) mass is 356 g/mol. The number of aromatic nitrogens is 3. The lowest BCUT2D eigenvalue weighted by Crippen LogP contribution is -2.20. The molecule has 130 valence electrons. The zero-order valence-electron chi connectivity index (χ0n) is 14.3. The fourth-order valence-electron chi connectivity index (χ4n) is 3.17. The van der Waals surface area contributed by atoms with Gasteiger partial charge in [-0.2, -0.15) is 4.68 Å². The maximum absolute atomic E-state index is 12.9. The van der Waals surface area contributed by atoms with Gasteiger partial charge in [0.2, 0.25) is 5.13 Å². The topological polar surface area (TPSA) is 72.3 Å². The molecule has 0 spiro atoms. The highest BCUT2D eigenvalue weighted by atomic mass is 32.1. The summed E-state index contributed by atoms with van der Waals surface area (Å²) < 4.78 is 8.17. The SMILES string of the molecule is CC(=NC[C@@H]1CCCO1)c1c(C)[nH]n(-c2nc3ccccc3s2)c1=O. The molecule has 3 aromatic rings. The molecule has 0 bridgehead atoms. The zero-order chi connectivity index (χ0) is 17.4. The lowest BCUT2D eigenvalue weighted by Gasteiger charge is -2.05. The summed E-state index contributed by atoms with van der Waals surface area (Å²) in [5, 5.41) is 3.78. The van der Waals surface area contributed by atoms with Crippen LogP contribution in [0.5, 0.6) is 0 Å². The first-order valence-corrected chi connectivity index (χ1v) is 9.25. The van der Waals surface area contributed by atoms with E-state index in [9.17, 15) is 4.79 Å². The minimum Gasteiger partial charge on any atom is -0.376 e. The van der Waals surface area contributed by atoms with Crippen molar-refractivity contribution in [3.05, 3.63) is 45.9 Å². The lowest BCUT2D eigenvalue weighted by molar-refractivity contribution is 0.118. The van der Waals surface area contributed by atoms with Gasteiger partial charge in [0.15, 0.2) is 0 Å². The van der Waals surface area contributed by atoms with Crippen molar-refractivity contribution in [3.8, 4) is 5.13 Å². The van der Waals surface area contributed by atoms with Crippen LogP contribution in [0, 0.1) is 6.92 Å². The van der Waals surface area contributed by atoms with Crippen LogP contribution in [0.15, 0.2) is 34.1 Å². The Labute approximate surface area is 149 Å². The number of hydrogen-bond donors (Lipinski definition) is 1. The summed E-state index contributed by atoms with van der Waals surface area (Å²) in [5.41, 5.74) is 2.96. The van der Waals surface area contributed by atoms with E-state index in [2.05, 4.69) is 15.1 Å². The first-order valence-electron chi connectivity index (χ1n) is 8.44. The maximum atomic E-state index is 12.9. The third-order valence-corrected chi connectivity index (χ3v) is 5.48. The predicted molar refractivity (Wildman–Crippen MR) is 100 cm³/mol. The average molecular weight is 356 g/mol. The van der Waals surface area contributed by atoms with Gasteiger partial charge in [-0.1, -0.05) is 23.5 Å². The molecule has 0 unspecified atom stereocenters. The van der Waals surface area contributed by atoms with E-state index in [-0.39, 0.29) is 11.7 Å². The van der Waals surface area contributed by atoms with Crippen LogP contribution in [0.1, 0.15) is 31.0 Å². The molecule has 0 aliphatic carbocycles. The number of benzene rings is 1. The summed E-state index contributed by atoms with van der Waals surface area (Å²) in [6, 6.07) is 7.88. The molecule has 0 saturated carbocycles. The van der Waals surface area contributed by atoms with Gasteiger partial charge in [0, 0.05) is 18.0 Å². The fraction of sp³-hybridized carbons (Fsp3) is 0.389. The molecule has 1 aliphatic rings. The molecule has 1 fully saturated rings. The van der Waals surface area contributed by atoms with Gasteiger partial charge >= 0.3 is 0 Å². The van der Waals surface area contributed by atoms with E-state index in [4.69, 9.17) is 4.74 Å². The third-order valence-electron chi connectivity index (χ3n) is 4.46. The number of ether oxygens (including phenoxy) is 1. The molecule has 1 saturated heterocycles. The first kappa shape index (κ1) is 16.2. The van der Waals surface area contributed by atoms with Gasteiger partial charge in [-0.3, -0.25) is 14.9 Å². The van der Waals surface area contributed by atoms with Crippen LogP contribution in [-0.2, 0) is 4.74 Å². The molecule has 1 aromatic carbocycles. The van der Waals surface area contributed by atoms with Gasteiger partial charge in [0.05, 0.1) is 28.4 Å². The van der Waals surface area contributed by atoms with E-state index in [0.717, 1.165) is 41.1 Å². The van der Waals surface area contributed by atoms with Gasteiger partial charge in [-0.05, 0) is 38.8 Å². The Morgan fingerprint density at radius 1 is 1.48 bits per heavy atom. The Balaban J connectivity index is 1.68. The number of aryl methyl sites for hydroxylation is 1. The van der Waals surface area contributed by atoms with Crippen LogP contribution in [0.2, 0.25) is 0 Å². The number of rotatable bonds is 4. The average Bonchev–Trinajstić information content (AvgIpc) is 3.31. The van der Waals surface area contributed by atoms with Crippen molar-refractivity contribution < 1.29 is 4.74 Å². The number of H-pyrrole nitrogens is 1. The Hall–Kier alpha value is -2.25. The summed E-state index contributed by atoms with van der Waals surface area (Å²) in [7, 11) is 0. The van der Waals surface area contributed by atoms with Crippen molar-refractivity contribution in [2.75, 3.05) is 13.2 Å². The Kier molecular flexibility index (Phi) is 4.27. The number of thiazole rings is 1. The van der Waals surface area contributed by atoms with Crippen molar-refractivity contribution in [2.24, 2.45) is 4.99 Å². The predicted octanol–water partition coefficient (Wildman–Crippen LogP) is 3.07. The molecule has 1 atom stereocenters. The number of para-hydroxylation sites is 1. The second kappa shape index (κ2) is 6.57. The minimum absolute atomic E-state index is 0.106. The number of hydrogen-bond acceptors (Lipinski definition) is 5. The quantitative estimate of drug-likeness (QED) is 0.730. The molecule has 1 aliphatic heterocycles. The van der Waals surface area contributed by atoms with Gasteiger partial charge in [-0.25, -0.2) is 4.98 Å². The first-order chi connectivity index (χ1) is 12.1. The fourth-order valence-corrected chi connectivity index (χ4v) is 4.09. The van der Waals surface area contributed by atoms with Crippen molar-refractivity contribution >= 4 is 27.3 Å². The standard InChI is InChI=1S/C18H20N4O2S/c1-11(19-10-13-6-5-9-24-13)16-12(2)21-22(17(16)23)18-20-14-7-3-4-8-15(14)25-18/h3-4,7-8,13,21H,5-6,9-10H2,1-2H3/t13-/m0/s1. The van der Waals surface area contributed by atoms with Gasteiger partial charge < -0.3 is 4.74 Å². The highest BCUT2D eigenvalue weighted by Crippen LogP contribution is 2.23. The summed E-state index contributed by atoms with van der Waals surface area (Å²) in [6.45, 7) is 5.20. The van der Waals surface area contributed by atoms with E-state index < -0.39 is 0 Å². The molecule has 25 heavy (non-hydrogen) atoms. The second-order valence-electron chi connectivity index (χ2n) is 6.28. The molecule has 1 N–H and O–H groups in total. The van der Waals surface area contributed by atoms with Gasteiger partial charge in [0.25, 0.3) is 5.56 Å². The molecule has 4 rings (SSSR count). The Morgan fingerprint density at radius 2 is 2.32 bits per heavy atom. The summed E-state index contributed by atoms with van der Waals surface area (Å²) in [4.78, 5) is 22.0. The summed E-state index contributed by atoms with van der Waals surface area (Å²) in [5.74, 6) is 0. The summed E-state index contributed by atoms with van der Waals surface area (Å²) in [6.07, 6.45) is 2.31. The molecular weight excluding hydrogens is 336 g/mol. The maximum Gasteiger partial charge on any atom is 0.282 e. The van der Waals surface area contributed by atoms with E-state index in [1.807, 2.05) is 38.1 Å². The normalized spacial score (nSPS) is 18.3. The van der Waals surface area contributed by atoms with E-state index in [1.165, 1.54) is 16.0 Å². The van der Waals surface area contributed by atoms with Crippen LogP contribution in [-0.4, -0.2) is 39.7 Å². The highest BCUT2D eigenvalue weighted by Gasteiger charge is 2.19. The van der Waals surface area contributed by atoms with Crippen molar-refractivity contribution in [2.45, 2.75) is 32.8 Å².